The van der Waals surface area contributed by atoms with Gasteiger partial charge in [-0.25, -0.2) is 0 Å². The van der Waals surface area contributed by atoms with Crippen LogP contribution in [0.3, 0.4) is 0 Å². The molecule has 0 unspecified atom stereocenters. The first-order chi connectivity index (χ1) is 5.66. The van der Waals surface area contributed by atoms with E-state index in [9.17, 15) is 0 Å². The Kier molecular flexibility index (Phi) is 4.99. The summed E-state index contributed by atoms with van der Waals surface area (Å²) >= 11 is 0. The van der Waals surface area contributed by atoms with Crippen molar-refractivity contribution in [2.24, 2.45) is 0 Å². The van der Waals surface area contributed by atoms with Gasteiger partial charge in [0, 0.05) is 6.20 Å². The van der Waals surface area contributed by atoms with Gasteiger partial charge in [-0.2, -0.15) is 0 Å². The predicted molar refractivity (Wildman–Crippen MR) is 39.6 cm³/mol. The molecule has 6 heteroatoms. The molecule has 12 heavy (non-hydrogen) atoms. The molecule has 0 bridgehead atoms. The van der Waals surface area contributed by atoms with Gasteiger partial charge in [0.2, 0.25) is 0 Å². The molecule has 0 spiro atoms. The standard InChI is InChI=1S/C6H7NO.HNO3/c1-8-6-3-2-4-7-5-6;2-1(3)4/h2-5H,1H3;(H,2,3,4). The van der Waals surface area contributed by atoms with Crippen LogP contribution in [0, 0.1) is 10.1 Å². The van der Waals surface area contributed by atoms with Crippen molar-refractivity contribution in [2.45, 2.75) is 0 Å². The number of ether oxygens (including phenoxy) is 1. The molecule has 0 aliphatic heterocycles. The SMILES string of the molecule is COc1cccnc1.O=[N+]([O-])O. The van der Waals surface area contributed by atoms with Crippen LogP contribution in [0.1, 0.15) is 0 Å². The van der Waals surface area contributed by atoms with Crippen molar-refractivity contribution < 1.29 is 15.0 Å². The van der Waals surface area contributed by atoms with Crippen LogP contribution in [0.5, 0.6) is 5.75 Å². The van der Waals surface area contributed by atoms with E-state index >= 15 is 0 Å². The Morgan fingerprint density at radius 2 is 2.33 bits per heavy atom. The van der Waals surface area contributed by atoms with Crippen molar-refractivity contribution in [3.63, 3.8) is 0 Å². The largest absolute Gasteiger partial charge is 0.495 e. The van der Waals surface area contributed by atoms with Crippen molar-refractivity contribution >= 4 is 0 Å². The molecular formula is C6H8N2O4. The van der Waals surface area contributed by atoms with Crippen LogP contribution in [0.25, 0.3) is 0 Å². The van der Waals surface area contributed by atoms with Gasteiger partial charge in [0.05, 0.1) is 13.3 Å². The fourth-order valence-corrected chi connectivity index (χ4v) is 0.468. The third-order valence-electron chi connectivity index (χ3n) is 0.870. The van der Waals surface area contributed by atoms with Crippen LogP contribution in [0.15, 0.2) is 24.5 Å². The molecule has 0 aliphatic rings. The van der Waals surface area contributed by atoms with Crippen LogP contribution >= 0.6 is 0 Å². The first kappa shape index (κ1) is 10.2. The Morgan fingerprint density at radius 3 is 2.58 bits per heavy atom. The Morgan fingerprint density at radius 1 is 1.75 bits per heavy atom. The summed E-state index contributed by atoms with van der Waals surface area (Å²) in [7, 11) is 1.62. The lowest BCUT2D eigenvalue weighted by Crippen LogP contribution is -1.81. The zero-order valence-electron chi connectivity index (χ0n) is 6.38. The van der Waals surface area contributed by atoms with Crippen LogP contribution in [0.2, 0.25) is 0 Å². The Bertz CT molecular complexity index is 222. The highest BCUT2D eigenvalue weighted by molar-refractivity contribution is 5.14. The molecule has 0 saturated heterocycles. The minimum absolute atomic E-state index is 0.799. The van der Waals surface area contributed by atoms with Gasteiger partial charge in [0.25, 0.3) is 5.09 Å². The van der Waals surface area contributed by atoms with E-state index in [2.05, 4.69) is 4.98 Å². The summed E-state index contributed by atoms with van der Waals surface area (Å²) in [5, 5.41) is 13.6. The van der Waals surface area contributed by atoms with Crippen molar-refractivity contribution in [1.82, 2.24) is 4.98 Å². The smallest absolute Gasteiger partial charge is 0.291 e. The fourth-order valence-electron chi connectivity index (χ4n) is 0.468. The third kappa shape index (κ3) is 6.27. The monoisotopic (exact) mass is 172 g/mol. The summed E-state index contributed by atoms with van der Waals surface area (Å²) in [4.78, 5) is 12.2. The van der Waals surface area contributed by atoms with Crippen molar-refractivity contribution in [2.75, 3.05) is 7.11 Å². The van der Waals surface area contributed by atoms with Gasteiger partial charge < -0.3 is 9.94 Å². The van der Waals surface area contributed by atoms with Crippen LogP contribution in [-0.2, 0) is 0 Å². The first-order valence-corrected chi connectivity index (χ1v) is 2.94. The number of methoxy groups -OCH3 is 1. The highest BCUT2D eigenvalue weighted by atomic mass is 16.9. The molecule has 0 aromatic carbocycles. The zero-order valence-corrected chi connectivity index (χ0v) is 6.38. The summed E-state index contributed by atoms with van der Waals surface area (Å²) < 4.78 is 4.85. The number of hydrogen-bond donors (Lipinski definition) is 1. The summed E-state index contributed by atoms with van der Waals surface area (Å²) in [5.41, 5.74) is 0. The second-order valence-electron chi connectivity index (χ2n) is 1.63. The predicted octanol–water partition coefficient (Wildman–Crippen LogP) is 0.742. The Balaban J connectivity index is 0.000000261. The van der Waals surface area contributed by atoms with Gasteiger partial charge in [-0.05, 0) is 12.1 Å². The number of aromatic nitrogens is 1. The molecule has 0 aliphatic carbocycles. The average Bonchev–Trinajstić information content (AvgIpc) is 2.05. The third-order valence-corrected chi connectivity index (χ3v) is 0.870. The van der Waals surface area contributed by atoms with E-state index in [1.165, 1.54) is 0 Å². The maximum absolute atomic E-state index is 8.36. The quantitative estimate of drug-likeness (QED) is 0.498. The van der Waals surface area contributed by atoms with E-state index in [1.54, 1.807) is 19.5 Å². The minimum atomic E-state index is -1.50. The molecule has 1 rings (SSSR count). The number of rotatable bonds is 1. The molecule has 0 fully saturated rings. The molecule has 1 heterocycles. The topological polar surface area (TPSA) is 85.5 Å². The molecule has 1 aromatic rings. The minimum Gasteiger partial charge on any atom is -0.495 e. The molecule has 66 valence electrons. The molecule has 1 N–H and O–H groups in total. The average molecular weight is 172 g/mol. The molecule has 6 nitrogen and oxygen atoms in total. The van der Waals surface area contributed by atoms with Gasteiger partial charge >= 0.3 is 0 Å². The Hall–Kier alpha value is -1.85. The van der Waals surface area contributed by atoms with Gasteiger partial charge in [-0.15, -0.1) is 10.1 Å². The molecular weight excluding hydrogens is 164 g/mol. The second kappa shape index (κ2) is 5.90. The van der Waals surface area contributed by atoms with Crippen molar-refractivity contribution in [3.05, 3.63) is 34.6 Å². The normalized spacial score (nSPS) is 7.75. The summed E-state index contributed by atoms with van der Waals surface area (Å²) in [6.07, 6.45) is 3.38. The van der Waals surface area contributed by atoms with E-state index in [-0.39, 0.29) is 0 Å². The van der Waals surface area contributed by atoms with E-state index in [0.717, 1.165) is 5.75 Å². The highest BCUT2D eigenvalue weighted by Gasteiger charge is 1.81. The van der Waals surface area contributed by atoms with Gasteiger partial charge in [-0.3, -0.25) is 4.98 Å². The fraction of sp³-hybridized carbons (Fsp3) is 0.167. The number of pyridine rings is 1. The Labute approximate surface area is 68.5 Å². The summed E-state index contributed by atoms with van der Waals surface area (Å²) in [6, 6.07) is 3.69. The highest BCUT2D eigenvalue weighted by Crippen LogP contribution is 2.02. The van der Waals surface area contributed by atoms with Gasteiger partial charge in [-0.1, -0.05) is 0 Å². The second-order valence-corrected chi connectivity index (χ2v) is 1.63. The van der Waals surface area contributed by atoms with E-state index < -0.39 is 5.09 Å². The molecule has 0 saturated carbocycles. The summed E-state index contributed by atoms with van der Waals surface area (Å²) in [6.45, 7) is 0. The lowest BCUT2D eigenvalue weighted by molar-refractivity contribution is -0.742. The van der Waals surface area contributed by atoms with E-state index in [4.69, 9.17) is 20.1 Å². The summed E-state index contributed by atoms with van der Waals surface area (Å²) in [5.74, 6) is 0.799. The number of nitrogens with zero attached hydrogens (tertiary/aromatic N) is 2. The maximum Gasteiger partial charge on any atom is 0.291 e. The molecule has 0 radical (unpaired) electrons. The van der Waals surface area contributed by atoms with Gasteiger partial charge in [0.15, 0.2) is 0 Å². The number of hydrogen-bond acceptors (Lipinski definition) is 4. The van der Waals surface area contributed by atoms with E-state index in [0.29, 0.717) is 0 Å². The lowest BCUT2D eigenvalue weighted by Gasteiger charge is -1.93. The first-order valence-electron chi connectivity index (χ1n) is 2.94. The lowest BCUT2D eigenvalue weighted by atomic mass is 10.5. The zero-order chi connectivity index (χ0) is 9.40. The van der Waals surface area contributed by atoms with Crippen LogP contribution < -0.4 is 4.74 Å². The molecule has 0 atom stereocenters. The van der Waals surface area contributed by atoms with Crippen molar-refractivity contribution in [3.8, 4) is 5.75 Å². The van der Waals surface area contributed by atoms with Crippen LogP contribution in [0.4, 0.5) is 0 Å². The van der Waals surface area contributed by atoms with Crippen molar-refractivity contribution in [1.29, 1.82) is 0 Å². The molecule has 1 aromatic heterocycles. The van der Waals surface area contributed by atoms with E-state index in [1.807, 2.05) is 12.1 Å². The van der Waals surface area contributed by atoms with Crippen LogP contribution in [-0.4, -0.2) is 22.4 Å². The molecule has 0 amide bonds. The van der Waals surface area contributed by atoms with Gasteiger partial charge in [0.1, 0.15) is 5.75 Å². The maximum atomic E-state index is 8.36.